The Bertz CT molecular complexity index is 739. The van der Waals surface area contributed by atoms with Crippen LogP contribution in [0.25, 0.3) is 0 Å². The van der Waals surface area contributed by atoms with Crippen molar-refractivity contribution >= 4 is 11.8 Å². The average molecular weight is 342 g/mol. The second kappa shape index (κ2) is 8.73. The van der Waals surface area contributed by atoms with Crippen LogP contribution in [0.1, 0.15) is 21.5 Å². The van der Waals surface area contributed by atoms with Crippen molar-refractivity contribution in [3.05, 3.63) is 59.2 Å². The summed E-state index contributed by atoms with van der Waals surface area (Å²) in [5.74, 6) is 0.447. The molecular formula is C19H22N2O4. The predicted octanol–water partition coefficient (Wildman–Crippen LogP) is 1.98. The molecule has 0 aromatic heterocycles. The summed E-state index contributed by atoms with van der Waals surface area (Å²) in [6.45, 7) is 4.53. The molecule has 0 aliphatic carbocycles. The molecule has 25 heavy (non-hydrogen) atoms. The van der Waals surface area contributed by atoms with Crippen molar-refractivity contribution in [3.8, 4) is 11.5 Å². The molecule has 0 aliphatic rings. The highest BCUT2D eigenvalue weighted by atomic mass is 16.5. The molecule has 2 amide bonds. The first-order chi connectivity index (χ1) is 12.0. The van der Waals surface area contributed by atoms with Crippen LogP contribution in [0.2, 0.25) is 0 Å². The molecule has 0 radical (unpaired) electrons. The zero-order valence-electron chi connectivity index (χ0n) is 14.4. The number of carbonyl (C=O) groups excluding carboxylic acids is 2. The van der Waals surface area contributed by atoms with E-state index in [-0.39, 0.29) is 12.5 Å². The third-order valence-corrected chi connectivity index (χ3v) is 3.53. The average Bonchev–Trinajstić information content (AvgIpc) is 2.59. The number of ether oxygens (including phenoxy) is 2. The molecule has 2 aromatic carbocycles. The molecule has 0 saturated carbocycles. The molecule has 0 spiro atoms. The minimum atomic E-state index is -0.593. The second-order valence-electron chi connectivity index (χ2n) is 5.59. The summed E-state index contributed by atoms with van der Waals surface area (Å²) in [5.41, 5.74) is 7.56. The smallest absolute Gasteiger partial charge is 0.251 e. The predicted molar refractivity (Wildman–Crippen MR) is 94.9 cm³/mol. The van der Waals surface area contributed by atoms with E-state index in [1.54, 1.807) is 24.3 Å². The Morgan fingerprint density at radius 1 is 1.00 bits per heavy atom. The van der Waals surface area contributed by atoms with E-state index in [0.29, 0.717) is 24.5 Å². The van der Waals surface area contributed by atoms with E-state index in [4.69, 9.17) is 15.2 Å². The van der Waals surface area contributed by atoms with Crippen LogP contribution in [0.5, 0.6) is 11.5 Å². The normalized spacial score (nSPS) is 10.2. The topological polar surface area (TPSA) is 90.7 Å². The number of carbonyl (C=O) groups is 2. The van der Waals surface area contributed by atoms with Crippen LogP contribution in [-0.4, -0.2) is 31.6 Å². The van der Waals surface area contributed by atoms with Crippen LogP contribution in [-0.2, 0) is 4.79 Å². The van der Waals surface area contributed by atoms with Gasteiger partial charge in [-0.3, -0.25) is 9.59 Å². The van der Waals surface area contributed by atoms with Crippen LogP contribution in [0, 0.1) is 13.8 Å². The lowest BCUT2D eigenvalue weighted by atomic mass is 10.1. The highest BCUT2D eigenvalue weighted by Gasteiger charge is 2.08. The lowest BCUT2D eigenvalue weighted by molar-refractivity contribution is -0.117. The van der Waals surface area contributed by atoms with E-state index in [0.717, 1.165) is 16.9 Å². The van der Waals surface area contributed by atoms with Gasteiger partial charge in [0.05, 0.1) is 6.54 Å². The second-order valence-corrected chi connectivity index (χ2v) is 5.59. The van der Waals surface area contributed by atoms with Gasteiger partial charge in [-0.25, -0.2) is 0 Å². The molecule has 6 nitrogen and oxygen atoms in total. The number of para-hydroxylation sites is 1. The Labute approximate surface area is 146 Å². The molecule has 2 aromatic rings. The van der Waals surface area contributed by atoms with E-state index >= 15 is 0 Å². The molecule has 6 heteroatoms. The fourth-order valence-electron chi connectivity index (χ4n) is 2.33. The Morgan fingerprint density at radius 3 is 2.32 bits per heavy atom. The van der Waals surface area contributed by atoms with Crippen molar-refractivity contribution < 1.29 is 19.1 Å². The summed E-state index contributed by atoms with van der Waals surface area (Å²) in [4.78, 5) is 22.6. The summed E-state index contributed by atoms with van der Waals surface area (Å²) in [5, 5.41) is 2.43. The molecule has 132 valence electrons. The van der Waals surface area contributed by atoms with Crippen LogP contribution < -0.4 is 20.5 Å². The maximum atomic E-state index is 11.9. The zero-order valence-corrected chi connectivity index (χ0v) is 14.4. The minimum Gasteiger partial charge on any atom is -0.490 e. The molecule has 0 saturated heterocycles. The van der Waals surface area contributed by atoms with Gasteiger partial charge in [0.15, 0.2) is 0 Å². The summed E-state index contributed by atoms with van der Waals surface area (Å²) in [7, 11) is 0. The van der Waals surface area contributed by atoms with E-state index in [9.17, 15) is 9.59 Å². The van der Waals surface area contributed by atoms with E-state index in [1.165, 1.54) is 0 Å². The first-order valence-electron chi connectivity index (χ1n) is 7.96. The quantitative estimate of drug-likeness (QED) is 0.718. The van der Waals surface area contributed by atoms with Crippen molar-refractivity contribution in [2.45, 2.75) is 13.8 Å². The highest BCUT2D eigenvalue weighted by molar-refractivity contribution is 5.96. The fourth-order valence-corrected chi connectivity index (χ4v) is 2.33. The zero-order chi connectivity index (χ0) is 18.2. The molecule has 0 fully saturated rings. The van der Waals surface area contributed by atoms with Crippen molar-refractivity contribution in [1.29, 1.82) is 0 Å². The van der Waals surface area contributed by atoms with Crippen LogP contribution in [0.3, 0.4) is 0 Å². The van der Waals surface area contributed by atoms with Crippen LogP contribution in [0.4, 0.5) is 0 Å². The Hall–Kier alpha value is -3.02. The van der Waals surface area contributed by atoms with Crippen molar-refractivity contribution in [1.82, 2.24) is 5.32 Å². The first kappa shape index (κ1) is 18.3. The number of benzene rings is 2. The van der Waals surface area contributed by atoms with Gasteiger partial charge >= 0.3 is 0 Å². The largest absolute Gasteiger partial charge is 0.490 e. The van der Waals surface area contributed by atoms with Gasteiger partial charge in [0.2, 0.25) is 5.91 Å². The monoisotopic (exact) mass is 342 g/mol. The first-order valence-corrected chi connectivity index (χ1v) is 7.96. The van der Waals surface area contributed by atoms with Crippen LogP contribution >= 0.6 is 0 Å². The lowest BCUT2D eigenvalue weighted by Crippen LogP contribution is -2.33. The Kier molecular flexibility index (Phi) is 6.39. The third kappa shape index (κ3) is 5.53. The summed E-state index contributed by atoms with van der Waals surface area (Å²) < 4.78 is 11.4. The van der Waals surface area contributed by atoms with Crippen molar-refractivity contribution in [2.75, 3.05) is 19.8 Å². The van der Waals surface area contributed by atoms with Crippen molar-refractivity contribution in [3.63, 3.8) is 0 Å². The fraction of sp³-hybridized carbons (Fsp3) is 0.263. The lowest BCUT2D eigenvalue weighted by Gasteiger charge is -2.13. The number of aryl methyl sites for hydroxylation is 2. The number of nitrogens with one attached hydrogen (secondary N) is 1. The maximum absolute atomic E-state index is 11.9. The van der Waals surface area contributed by atoms with Gasteiger partial charge in [-0.05, 0) is 43.2 Å². The van der Waals surface area contributed by atoms with Gasteiger partial charge in [-0.1, -0.05) is 24.3 Å². The molecule has 0 unspecified atom stereocenters. The van der Waals surface area contributed by atoms with Gasteiger partial charge in [-0.15, -0.1) is 0 Å². The molecule has 0 atom stereocenters. The Morgan fingerprint density at radius 2 is 1.64 bits per heavy atom. The van der Waals surface area contributed by atoms with Gasteiger partial charge < -0.3 is 20.5 Å². The minimum absolute atomic E-state index is 0.201. The van der Waals surface area contributed by atoms with Gasteiger partial charge in [0.25, 0.3) is 5.91 Å². The maximum Gasteiger partial charge on any atom is 0.251 e. The summed E-state index contributed by atoms with van der Waals surface area (Å²) in [6.07, 6.45) is 0. The SMILES string of the molecule is Cc1cccc(C)c1OCCOc1cccc(C(=O)NCC(N)=O)c1. The Balaban J connectivity index is 1.86. The third-order valence-electron chi connectivity index (χ3n) is 3.53. The summed E-state index contributed by atoms with van der Waals surface area (Å²) in [6, 6.07) is 12.7. The van der Waals surface area contributed by atoms with Crippen molar-refractivity contribution in [2.24, 2.45) is 5.73 Å². The van der Waals surface area contributed by atoms with Gasteiger partial charge in [0.1, 0.15) is 24.7 Å². The van der Waals surface area contributed by atoms with Gasteiger partial charge in [0, 0.05) is 5.56 Å². The van der Waals surface area contributed by atoms with E-state index in [2.05, 4.69) is 5.32 Å². The number of rotatable bonds is 8. The number of primary amides is 1. The number of hydrogen-bond donors (Lipinski definition) is 2. The van der Waals surface area contributed by atoms with Gasteiger partial charge in [-0.2, -0.15) is 0 Å². The number of nitrogens with two attached hydrogens (primary N) is 1. The molecule has 2 rings (SSSR count). The number of hydrogen-bond acceptors (Lipinski definition) is 4. The van der Waals surface area contributed by atoms with E-state index < -0.39 is 5.91 Å². The molecule has 0 heterocycles. The molecule has 3 N–H and O–H groups in total. The molecule has 0 aliphatic heterocycles. The highest BCUT2D eigenvalue weighted by Crippen LogP contribution is 2.22. The molecular weight excluding hydrogens is 320 g/mol. The summed E-state index contributed by atoms with van der Waals surface area (Å²) >= 11 is 0. The molecule has 0 bridgehead atoms. The van der Waals surface area contributed by atoms with E-state index in [1.807, 2.05) is 32.0 Å². The number of amides is 2. The standard InChI is InChI=1S/C19H22N2O4/c1-13-5-3-6-14(2)18(13)25-10-9-24-16-8-4-7-15(11-16)19(23)21-12-17(20)22/h3-8,11H,9-10,12H2,1-2H3,(H2,20,22)(H,21,23). The van der Waals surface area contributed by atoms with Crippen LogP contribution in [0.15, 0.2) is 42.5 Å².